The minimum Gasteiger partial charge on any atom is -0.467 e. The van der Waals surface area contributed by atoms with Gasteiger partial charge in [0.15, 0.2) is 0 Å². The van der Waals surface area contributed by atoms with Gasteiger partial charge in [-0.3, -0.25) is 4.39 Å². The molecule has 202 valence electrons. The summed E-state index contributed by atoms with van der Waals surface area (Å²) in [4.78, 5) is 31.5. The maximum Gasteiger partial charge on any atom is 0.408 e. The fraction of sp³-hybridized carbons (Fsp3) is 0.536. The van der Waals surface area contributed by atoms with Crippen molar-refractivity contribution in [3.8, 4) is 0 Å². The van der Waals surface area contributed by atoms with Crippen molar-refractivity contribution < 1.29 is 23.5 Å². The van der Waals surface area contributed by atoms with Gasteiger partial charge in [-0.15, -0.1) is 0 Å². The molecule has 0 saturated carbocycles. The number of fused-ring (bicyclic) bond motifs is 1. The van der Waals surface area contributed by atoms with E-state index in [4.69, 9.17) is 14.5 Å². The Bertz CT molecular complexity index is 976. The number of unbranched alkanes of at least 4 members (excludes halogenated alkanes) is 1. The van der Waals surface area contributed by atoms with Crippen LogP contribution in [0.15, 0.2) is 42.5 Å². The van der Waals surface area contributed by atoms with Crippen LogP contribution in [0.25, 0.3) is 0 Å². The van der Waals surface area contributed by atoms with Crippen molar-refractivity contribution in [2.45, 2.75) is 57.6 Å². The first-order valence-electron chi connectivity index (χ1n) is 13.1. The lowest BCUT2D eigenvalue weighted by molar-refractivity contribution is -0.143. The lowest BCUT2D eigenvalue weighted by Gasteiger charge is -2.24. The van der Waals surface area contributed by atoms with E-state index in [1.165, 1.54) is 12.7 Å². The van der Waals surface area contributed by atoms with Crippen molar-refractivity contribution in [1.29, 1.82) is 0 Å². The second-order valence-corrected chi connectivity index (χ2v) is 9.25. The van der Waals surface area contributed by atoms with Crippen LogP contribution in [0.1, 0.15) is 48.9 Å². The normalized spacial score (nSPS) is 13.4. The number of esters is 1. The Morgan fingerprint density at radius 2 is 1.92 bits per heavy atom. The Morgan fingerprint density at radius 3 is 2.70 bits per heavy atom. The number of aromatic nitrogens is 1. The third-order valence-electron chi connectivity index (χ3n) is 6.44. The molecule has 0 fully saturated rings. The minimum atomic E-state index is -0.839. The first-order valence-corrected chi connectivity index (χ1v) is 13.1. The predicted molar refractivity (Wildman–Crippen MR) is 141 cm³/mol. The molecule has 1 atom stereocenters. The van der Waals surface area contributed by atoms with E-state index >= 15 is 0 Å². The van der Waals surface area contributed by atoms with Crippen LogP contribution >= 0.6 is 0 Å². The Kier molecular flexibility index (Phi) is 12.1. The smallest absolute Gasteiger partial charge is 0.408 e. The molecule has 2 heterocycles. The number of benzene rings is 1. The zero-order chi connectivity index (χ0) is 26.3. The zero-order valence-electron chi connectivity index (χ0n) is 21.7. The molecule has 9 heteroatoms. The van der Waals surface area contributed by atoms with Gasteiger partial charge in [-0.25, -0.2) is 14.6 Å². The van der Waals surface area contributed by atoms with E-state index in [2.05, 4.69) is 27.7 Å². The highest BCUT2D eigenvalue weighted by Crippen LogP contribution is 2.20. The first kappa shape index (κ1) is 28.4. The van der Waals surface area contributed by atoms with Crippen molar-refractivity contribution in [2.24, 2.45) is 0 Å². The average Bonchev–Trinajstić information content (AvgIpc) is 2.94. The van der Waals surface area contributed by atoms with E-state index in [1.54, 1.807) is 0 Å². The van der Waals surface area contributed by atoms with Gasteiger partial charge in [0.25, 0.3) is 0 Å². The second-order valence-electron chi connectivity index (χ2n) is 9.25. The number of amides is 1. The first-order chi connectivity index (χ1) is 18.1. The SMILES string of the molecule is COC(=O)C(CCN(CCCF)CCCCc1ccc2c(n1)NCCC2)NC(=O)OCc1ccccc1. The van der Waals surface area contributed by atoms with Crippen LogP contribution in [0.3, 0.4) is 0 Å². The van der Waals surface area contributed by atoms with Gasteiger partial charge in [-0.1, -0.05) is 36.4 Å². The molecule has 37 heavy (non-hydrogen) atoms. The molecular formula is C28H39FN4O4. The molecule has 8 nitrogen and oxygen atoms in total. The highest BCUT2D eigenvalue weighted by Gasteiger charge is 2.23. The number of alkyl halides is 1. The number of pyridine rings is 1. The highest BCUT2D eigenvalue weighted by atomic mass is 19.1. The van der Waals surface area contributed by atoms with Gasteiger partial charge < -0.3 is 25.0 Å². The van der Waals surface area contributed by atoms with Crippen molar-refractivity contribution in [3.63, 3.8) is 0 Å². The lowest BCUT2D eigenvalue weighted by Crippen LogP contribution is -2.44. The summed E-state index contributed by atoms with van der Waals surface area (Å²) in [5, 5.41) is 5.99. The van der Waals surface area contributed by atoms with Crippen LogP contribution in [-0.4, -0.2) is 68.0 Å². The number of alkyl carbamates (subject to hydrolysis) is 1. The molecule has 1 unspecified atom stereocenters. The lowest BCUT2D eigenvalue weighted by atomic mass is 10.1. The van der Waals surface area contributed by atoms with Crippen molar-refractivity contribution >= 4 is 17.9 Å². The van der Waals surface area contributed by atoms with Gasteiger partial charge in [-0.05, 0) is 68.7 Å². The van der Waals surface area contributed by atoms with Crippen molar-refractivity contribution in [1.82, 2.24) is 15.2 Å². The number of hydrogen-bond acceptors (Lipinski definition) is 7. The number of hydrogen-bond donors (Lipinski definition) is 2. The molecule has 1 aliphatic heterocycles. The third-order valence-corrected chi connectivity index (χ3v) is 6.44. The molecule has 0 bridgehead atoms. The summed E-state index contributed by atoms with van der Waals surface area (Å²) in [7, 11) is 1.29. The average molecular weight is 515 g/mol. The number of nitrogens with zero attached hydrogens (tertiary/aromatic N) is 2. The summed E-state index contributed by atoms with van der Waals surface area (Å²) in [6.45, 7) is 2.57. The maximum atomic E-state index is 12.9. The number of halogens is 1. The molecule has 0 saturated heterocycles. The highest BCUT2D eigenvalue weighted by molar-refractivity contribution is 5.81. The quantitative estimate of drug-likeness (QED) is 0.271. The molecule has 1 aliphatic rings. The van der Waals surface area contributed by atoms with Crippen LogP contribution in [0, 0.1) is 0 Å². The number of methoxy groups -OCH3 is 1. The predicted octanol–water partition coefficient (Wildman–Crippen LogP) is 4.28. The number of carbonyl (C=O) groups is 2. The number of rotatable bonds is 15. The number of nitrogens with one attached hydrogen (secondary N) is 2. The fourth-order valence-corrected chi connectivity index (χ4v) is 4.38. The molecule has 0 aliphatic carbocycles. The molecule has 1 aromatic carbocycles. The Morgan fingerprint density at radius 1 is 1.11 bits per heavy atom. The second kappa shape index (κ2) is 15.8. The minimum absolute atomic E-state index is 0.109. The molecule has 2 aromatic rings. The van der Waals surface area contributed by atoms with Gasteiger partial charge in [0.2, 0.25) is 0 Å². The largest absolute Gasteiger partial charge is 0.467 e. The van der Waals surface area contributed by atoms with Crippen molar-refractivity contribution in [3.05, 3.63) is 59.3 Å². The Labute approximate surface area is 218 Å². The van der Waals surface area contributed by atoms with E-state index in [-0.39, 0.29) is 6.61 Å². The molecule has 0 radical (unpaired) electrons. The van der Waals surface area contributed by atoms with E-state index in [0.717, 1.165) is 62.3 Å². The van der Waals surface area contributed by atoms with Gasteiger partial charge in [0.1, 0.15) is 18.5 Å². The van der Waals surface area contributed by atoms with Gasteiger partial charge >= 0.3 is 12.1 Å². The van der Waals surface area contributed by atoms with Crippen LogP contribution in [0.2, 0.25) is 0 Å². The van der Waals surface area contributed by atoms with Gasteiger partial charge in [0.05, 0.1) is 13.8 Å². The monoisotopic (exact) mass is 514 g/mol. The van der Waals surface area contributed by atoms with Gasteiger partial charge in [0, 0.05) is 25.3 Å². The summed E-state index contributed by atoms with van der Waals surface area (Å²) in [6.07, 6.45) is 5.07. The summed E-state index contributed by atoms with van der Waals surface area (Å²) in [5.74, 6) is 0.478. The number of carbonyl (C=O) groups excluding carboxylic acids is 2. The molecule has 3 rings (SSSR count). The van der Waals surface area contributed by atoms with Crippen LogP contribution in [-0.2, 0) is 33.7 Å². The number of aryl methyl sites for hydroxylation is 2. The topological polar surface area (TPSA) is 92.8 Å². The summed E-state index contributed by atoms with van der Waals surface area (Å²) in [5.41, 5.74) is 3.21. The summed E-state index contributed by atoms with van der Waals surface area (Å²) < 4.78 is 23.0. The van der Waals surface area contributed by atoms with Crippen LogP contribution < -0.4 is 10.6 Å². The van der Waals surface area contributed by atoms with Crippen LogP contribution in [0.4, 0.5) is 15.0 Å². The Hall–Kier alpha value is -3.20. The van der Waals surface area contributed by atoms with E-state index in [0.29, 0.717) is 25.9 Å². The van der Waals surface area contributed by atoms with E-state index in [9.17, 15) is 14.0 Å². The van der Waals surface area contributed by atoms with Crippen molar-refractivity contribution in [2.75, 3.05) is 45.3 Å². The molecule has 1 amide bonds. The third kappa shape index (κ3) is 9.99. The molecule has 1 aromatic heterocycles. The van der Waals surface area contributed by atoms with E-state index < -0.39 is 24.8 Å². The fourth-order valence-electron chi connectivity index (χ4n) is 4.38. The van der Waals surface area contributed by atoms with Gasteiger partial charge in [-0.2, -0.15) is 0 Å². The summed E-state index contributed by atoms with van der Waals surface area (Å²) in [6, 6.07) is 12.7. The Balaban J connectivity index is 1.44. The maximum absolute atomic E-state index is 12.9. The summed E-state index contributed by atoms with van der Waals surface area (Å²) >= 11 is 0. The molecular weight excluding hydrogens is 475 g/mol. The van der Waals surface area contributed by atoms with Crippen LogP contribution in [0.5, 0.6) is 0 Å². The molecule has 2 N–H and O–H groups in total. The molecule has 0 spiro atoms. The number of anilines is 1. The zero-order valence-corrected chi connectivity index (χ0v) is 21.7. The number of ether oxygens (including phenoxy) is 2. The van der Waals surface area contributed by atoms with E-state index in [1.807, 2.05) is 30.3 Å². The standard InChI is InChI=1S/C28H39FN4O4/c1-36-27(34)25(32-28(35)37-21-22-9-3-2-4-10-22)15-20-33(19-8-16-29)18-6-5-12-24-14-13-23-11-7-17-30-26(23)31-24/h2-4,9-10,13-14,25H,5-8,11-12,15-21H2,1H3,(H,30,31)(H,32,35).